The molecule has 3 nitrogen and oxygen atoms in total. The van der Waals surface area contributed by atoms with Crippen molar-refractivity contribution in [1.29, 1.82) is 0 Å². The minimum atomic E-state index is -0.640. The molecular weight excluding hydrogens is 615 g/mol. The lowest BCUT2D eigenvalue weighted by Gasteiger charge is -2.12. The number of hydrogen-bond donors (Lipinski definition) is 0. The third-order valence-corrected chi connectivity index (χ3v) is 9.62. The molecule has 9 rings (SSSR count). The SMILES string of the molecule is [2H]c1c([2H])c([2H])c(-c2c([2H])c([2H])c([2H])c([2H])c2-c2nc(-c3ccccc3)nc(-c3ccc(-c4ccc(-c5cccc6c5sc5ccccc56)cc4)cc3)n2)c([2H])c1[2H]. The van der Waals surface area contributed by atoms with Crippen molar-refractivity contribution in [3.63, 3.8) is 0 Å². The minimum Gasteiger partial charge on any atom is -0.208 e. The Balaban J connectivity index is 1.15. The molecular formula is C45H29N3S. The summed E-state index contributed by atoms with van der Waals surface area (Å²) in [5.74, 6) is 0.279. The van der Waals surface area contributed by atoms with Crippen LogP contribution in [0.4, 0.5) is 0 Å². The van der Waals surface area contributed by atoms with Crippen molar-refractivity contribution in [2.24, 2.45) is 0 Å². The minimum absolute atomic E-state index is 0.147. The van der Waals surface area contributed by atoms with Gasteiger partial charge in [-0.3, -0.25) is 0 Å². The first kappa shape index (κ1) is 20.9. The van der Waals surface area contributed by atoms with Crippen LogP contribution in [-0.4, -0.2) is 15.0 Å². The molecule has 0 atom stereocenters. The molecule has 7 aromatic carbocycles. The summed E-state index contributed by atoms with van der Waals surface area (Å²) in [5.41, 5.74) is 4.56. The molecule has 0 saturated carbocycles. The van der Waals surface area contributed by atoms with Crippen LogP contribution < -0.4 is 0 Å². The molecule has 0 unspecified atom stereocenters. The number of rotatable bonds is 6. The van der Waals surface area contributed by atoms with Gasteiger partial charge in [-0.1, -0.05) is 170 Å². The summed E-state index contributed by atoms with van der Waals surface area (Å²) in [5, 5.41) is 2.50. The fourth-order valence-corrected chi connectivity index (χ4v) is 7.24. The molecule has 0 N–H and O–H groups in total. The topological polar surface area (TPSA) is 38.7 Å². The van der Waals surface area contributed by atoms with Crippen LogP contribution in [0.2, 0.25) is 0 Å². The molecule has 4 heteroatoms. The maximum Gasteiger partial charge on any atom is 0.164 e. The zero-order chi connectivity index (χ0) is 40.4. The van der Waals surface area contributed by atoms with Crippen LogP contribution in [0.5, 0.6) is 0 Å². The number of aromatic nitrogens is 3. The maximum absolute atomic E-state index is 9.02. The number of hydrogen-bond acceptors (Lipinski definition) is 4. The number of fused-ring (bicyclic) bond motifs is 3. The van der Waals surface area contributed by atoms with Gasteiger partial charge in [0.25, 0.3) is 0 Å². The van der Waals surface area contributed by atoms with Gasteiger partial charge in [0.2, 0.25) is 0 Å². The van der Waals surface area contributed by atoms with E-state index in [1.807, 2.05) is 42.5 Å². The molecule has 0 spiro atoms. The van der Waals surface area contributed by atoms with Crippen molar-refractivity contribution in [2.45, 2.75) is 0 Å². The fourth-order valence-electron chi connectivity index (χ4n) is 6.00. The lowest BCUT2D eigenvalue weighted by atomic mass is 9.98. The fraction of sp³-hybridized carbons (Fsp3) is 0. The lowest BCUT2D eigenvalue weighted by Crippen LogP contribution is -2.01. The van der Waals surface area contributed by atoms with E-state index in [-0.39, 0.29) is 34.2 Å². The van der Waals surface area contributed by atoms with Crippen molar-refractivity contribution in [3.05, 3.63) is 176 Å². The molecule has 0 aliphatic heterocycles. The molecule has 49 heavy (non-hydrogen) atoms. The smallest absolute Gasteiger partial charge is 0.164 e. The predicted octanol–water partition coefficient (Wildman–Crippen LogP) is 12.2. The summed E-state index contributed by atoms with van der Waals surface area (Å²) in [4.78, 5) is 14.2. The summed E-state index contributed by atoms with van der Waals surface area (Å²) in [6.45, 7) is 0. The molecule has 0 radical (unpaired) electrons. The van der Waals surface area contributed by atoms with Crippen molar-refractivity contribution < 1.29 is 12.3 Å². The Bertz CT molecular complexity index is 3070. The quantitative estimate of drug-likeness (QED) is 0.179. The summed E-state index contributed by atoms with van der Waals surface area (Å²) in [7, 11) is 0. The molecule has 2 aromatic heterocycles. The molecule has 2 heterocycles. The summed E-state index contributed by atoms with van der Waals surface area (Å²) in [6.07, 6.45) is 0. The molecule has 0 bridgehead atoms. The molecule has 230 valence electrons. The highest BCUT2D eigenvalue weighted by Crippen LogP contribution is 2.40. The third-order valence-electron chi connectivity index (χ3n) is 8.41. The van der Waals surface area contributed by atoms with Gasteiger partial charge in [0.15, 0.2) is 17.5 Å². The van der Waals surface area contributed by atoms with Gasteiger partial charge < -0.3 is 0 Å². The van der Waals surface area contributed by atoms with Gasteiger partial charge in [0.05, 0.1) is 12.3 Å². The van der Waals surface area contributed by atoms with Crippen molar-refractivity contribution in [2.75, 3.05) is 0 Å². The van der Waals surface area contributed by atoms with E-state index in [9.17, 15) is 0 Å². The largest absolute Gasteiger partial charge is 0.208 e. The van der Waals surface area contributed by atoms with Crippen molar-refractivity contribution in [1.82, 2.24) is 15.0 Å². The summed E-state index contributed by atoms with van der Waals surface area (Å²) < 4.78 is 79.6. The second-order valence-corrected chi connectivity index (χ2v) is 12.4. The highest BCUT2D eigenvalue weighted by atomic mass is 32.1. The van der Waals surface area contributed by atoms with E-state index in [0.29, 0.717) is 11.1 Å². The highest BCUT2D eigenvalue weighted by molar-refractivity contribution is 7.26. The van der Waals surface area contributed by atoms with E-state index in [2.05, 4.69) is 71.7 Å². The monoisotopic (exact) mass is 652 g/mol. The van der Waals surface area contributed by atoms with Crippen LogP contribution in [0.3, 0.4) is 0 Å². The van der Waals surface area contributed by atoms with Gasteiger partial charge in [-0.2, -0.15) is 0 Å². The number of thiophene rings is 1. The van der Waals surface area contributed by atoms with Gasteiger partial charge in [0.1, 0.15) is 0 Å². The molecule has 9 aromatic rings. The Hall–Kier alpha value is -6.23. The standard InChI is InChI=1S/C45H29N3S/c1-3-12-32(13-4-1)36-16-7-8-18-40(36)45-47-43(34-14-5-2-6-15-34)46-44(48-45)35-28-24-31(25-29-35)30-22-26-33(27-23-30)37-19-11-20-39-38-17-9-10-21-41(38)49-42(37)39/h1-29H/i1D,3D,4D,7D,8D,12D,13D,16D,18D. The molecule has 0 aliphatic rings. The Morgan fingerprint density at radius 1 is 0.367 bits per heavy atom. The zero-order valence-corrected chi connectivity index (χ0v) is 26.6. The van der Waals surface area contributed by atoms with Crippen LogP contribution in [-0.2, 0) is 0 Å². The first-order chi connectivity index (χ1) is 28.0. The summed E-state index contributed by atoms with van der Waals surface area (Å²) >= 11 is 1.79. The molecule has 0 aliphatic carbocycles. The van der Waals surface area contributed by atoms with Crippen LogP contribution in [0, 0.1) is 0 Å². The first-order valence-corrected chi connectivity index (χ1v) is 16.4. The van der Waals surface area contributed by atoms with Crippen LogP contribution in [0.1, 0.15) is 12.3 Å². The third kappa shape index (κ3) is 5.48. The van der Waals surface area contributed by atoms with E-state index in [1.54, 1.807) is 23.5 Å². The van der Waals surface area contributed by atoms with Gasteiger partial charge in [0, 0.05) is 36.9 Å². The van der Waals surface area contributed by atoms with Gasteiger partial charge >= 0.3 is 0 Å². The summed E-state index contributed by atoms with van der Waals surface area (Å²) in [6, 6.07) is 34.6. The lowest BCUT2D eigenvalue weighted by molar-refractivity contribution is 1.07. The van der Waals surface area contributed by atoms with Crippen molar-refractivity contribution in [3.8, 4) is 67.5 Å². The van der Waals surface area contributed by atoms with Crippen LogP contribution in [0.25, 0.3) is 87.7 Å². The van der Waals surface area contributed by atoms with E-state index >= 15 is 0 Å². The second-order valence-electron chi connectivity index (χ2n) is 11.4. The Kier molecular flexibility index (Phi) is 5.29. The highest BCUT2D eigenvalue weighted by Gasteiger charge is 2.16. The van der Waals surface area contributed by atoms with Gasteiger partial charge in [-0.05, 0) is 39.4 Å². The Morgan fingerprint density at radius 2 is 0.918 bits per heavy atom. The normalized spacial score (nSPS) is 13.8. The van der Waals surface area contributed by atoms with Crippen LogP contribution in [0.15, 0.2) is 176 Å². The molecule has 0 fully saturated rings. The second kappa shape index (κ2) is 12.4. The van der Waals surface area contributed by atoms with E-state index in [0.717, 1.165) is 16.7 Å². The Morgan fingerprint density at radius 3 is 1.65 bits per heavy atom. The average molecular weight is 653 g/mol. The van der Waals surface area contributed by atoms with Gasteiger partial charge in [-0.25, -0.2) is 15.0 Å². The zero-order valence-electron chi connectivity index (χ0n) is 34.8. The average Bonchev–Trinajstić information content (AvgIpc) is 3.65. The van der Waals surface area contributed by atoms with E-state index in [4.69, 9.17) is 22.3 Å². The number of benzene rings is 7. The molecule has 0 saturated heterocycles. The van der Waals surface area contributed by atoms with Crippen LogP contribution >= 0.6 is 11.3 Å². The first-order valence-electron chi connectivity index (χ1n) is 20.1. The number of nitrogens with zero attached hydrogens (tertiary/aromatic N) is 3. The maximum atomic E-state index is 9.02. The van der Waals surface area contributed by atoms with E-state index in [1.165, 1.54) is 25.7 Å². The van der Waals surface area contributed by atoms with Gasteiger partial charge in [-0.15, -0.1) is 11.3 Å². The Labute approximate surface area is 301 Å². The van der Waals surface area contributed by atoms with E-state index < -0.39 is 54.4 Å². The molecule has 0 amide bonds. The predicted molar refractivity (Wildman–Crippen MR) is 205 cm³/mol. The van der Waals surface area contributed by atoms with Crippen molar-refractivity contribution >= 4 is 31.5 Å².